The first-order valence-corrected chi connectivity index (χ1v) is 11.9. The van der Waals surface area contributed by atoms with Gasteiger partial charge in [0.25, 0.3) is 5.91 Å². The van der Waals surface area contributed by atoms with E-state index in [-0.39, 0.29) is 5.92 Å². The highest BCUT2D eigenvalue weighted by Gasteiger charge is 2.29. The van der Waals surface area contributed by atoms with Gasteiger partial charge in [-0.3, -0.25) is 9.59 Å². The highest BCUT2D eigenvalue weighted by molar-refractivity contribution is 6.07. The molecule has 1 aliphatic carbocycles. The van der Waals surface area contributed by atoms with Crippen LogP contribution >= 0.6 is 0 Å². The molecule has 1 atom stereocenters. The van der Waals surface area contributed by atoms with Crippen molar-refractivity contribution in [3.8, 4) is 0 Å². The number of nitrogens with one attached hydrogen (secondary N) is 1. The second kappa shape index (κ2) is 10.1. The zero-order chi connectivity index (χ0) is 25.9. The van der Waals surface area contributed by atoms with Crippen molar-refractivity contribution in [2.75, 3.05) is 11.9 Å². The molecule has 37 heavy (non-hydrogen) atoms. The maximum atomic E-state index is 13.4. The van der Waals surface area contributed by atoms with E-state index in [0.29, 0.717) is 34.1 Å². The van der Waals surface area contributed by atoms with Crippen LogP contribution in [0.5, 0.6) is 0 Å². The van der Waals surface area contributed by atoms with Crippen molar-refractivity contribution < 1.29 is 23.5 Å². The van der Waals surface area contributed by atoms with Crippen LogP contribution in [0.3, 0.4) is 0 Å². The van der Waals surface area contributed by atoms with Gasteiger partial charge < -0.3 is 20.2 Å². The number of anilines is 1. The van der Waals surface area contributed by atoms with Crippen molar-refractivity contribution in [3.05, 3.63) is 95.1 Å². The van der Waals surface area contributed by atoms with Crippen molar-refractivity contribution in [2.45, 2.75) is 19.8 Å². The van der Waals surface area contributed by atoms with Gasteiger partial charge in [-0.25, -0.2) is 9.78 Å². The first-order chi connectivity index (χ1) is 17.9. The molecule has 8 nitrogen and oxygen atoms in total. The van der Waals surface area contributed by atoms with Crippen molar-refractivity contribution in [2.24, 2.45) is 11.7 Å². The first kappa shape index (κ1) is 24.0. The van der Waals surface area contributed by atoms with Crippen LogP contribution in [0.1, 0.15) is 51.1 Å². The number of aromatic nitrogens is 1. The van der Waals surface area contributed by atoms with Gasteiger partial charge in [0, 0.05) is 16.6 Å². The molecule has 0 saturated heterocycles. The van der Waals surface area contributed by atoms with E-state index in [2.05, 4.69) is 12.2 Å². The van der Waals surface area contributed by atoms with Gasteiger partial charge in [0.15, 0.2) is 6.61 Å². The van der Waals surface area contributed by atoms with E-state index in [1.54, 1.807) is 18.4 Å². The average Bonchev–Trinajstić information content (AvgIpc) is 3.39. The lowest BCUT2D eigenvalue weighted by Crippen LogP contribution is -2.23. The summed E-state index contributed by atoms with van der Waals surface area (Å²) < 4.78 is 11.0. The molecule has 2 amide bonds. The zero-order valence-electron chi connectivity index (χ0n) is 20.2. The Hall–Kier alpha value is -4.72. The number of benzene rings is 2. The van der Waals surface area contributed by atoms with Gasteiger partial charge in [0.2, 0.25) is 5.91 Å². The fourth-order valence-corrected chi connectivity index (χ4v) is 4.63. The molecule has 186 valence electrons. The molecule has 4 aromatic rings. The quantitative estimate of drug-likeness (QED) is 0.369. The standard InChI is InChI=1S/C29H25N3O5/c1-17-13-19(15-21-5-4-12-36-21)27-23(14-17)26(22-6-2-3-7-24(22)32-27)29(35)37-16-25(33)31-20-10-8-18(9-11-20)28(30)34/h2-12,15,17H,13-14,16H2,1H3,(H2,30,34)(H,31,33)/b19-15+. The lowest BCUT2D eigenvalue weighted by atomic mass is 9.81. The summed E-state index contributed by atoms with van der Waals surface area (Å²) in [6.45, 7) is 1.66. The molecule has 0 bridgehead atoms. The van der Waals surface area contributed by atoms with Crippen LogP contribution in [-0.4, -0.2) is 29.4 Å². The zero-order valence-corrected chi connectivity index (χ0v) is 20.2. The molecule has 5 rings (SSSR count). The predicted molar refractivity (Wildman–Crippen MR) is 140 cm³/mol. The van der Waals surface area contributed by atoms with Gasteiger partial charge in [-0.05, 0) is 78.4 Å². The molecule has 0 fully saturated rings. The Morgan fingerprint density at radius 3 is 2.59 bits per heavy atom. The van der Waals surface area contributed by atoms with Crippen LogP contribution in [0.25, 0.3) is 22.6 Å². The van der Waals surface area contributed by atoms with E-state index >= 15 is 0 Å². The van der Waals surface area contributed by atoms with Crippen molar-refractivity contribution >= 4 is 46.0 Å². The molecule has 3 N–H and O–H groups in total. The average molecular weight is 496 g/mol. The van der Waals surface area contributed by atoms with Crippen LogP contribution < -0.4 is 11.1 Å². The van der Waals surface area contributed by atoms with Gasteiger partial charge in [-0.2, -0.15) is 0 Å². The number of hydrogen-bond donors (Lipinski definition) is 2. The number of allylic oxidation sites excluding steroid dienone is 1. The third-order valence-electron chi connectivity index (χ3n) is 6.27. The molecule has 0 radical (unpaired) electrons. The molecule has 1 aliphatic rings. The number of rotatable bonds is 6. The Balaban J connectivity index is 1.43. The summed E-state index contributed by atoms with van der Waals surface area (Å²) in [4.78, 5) is 42.0. The second-order valence-electron chi connectivity index (χ2n) is 9.10. The molecule has 2 heterocycles. The summed E-state index contributed by atoms with van der Waals surface area (Å²) in [7, 11) is 0. The molecular formula is C29H25N3O5. The molecule has 1 unspecified atom stereocenters. The number of primary amides is 1. The minimum atomic E-state index is -0.583. The van der Waals surface area contributed by atoms with E-state index in [1.807, 2.05) is 42.5 Å². The van der Waals surface area contributed by atoms with Gasteiger partial charge in [0.05, 0.1) is 23.0 Å². The molecule has 0 aliphatic heterocycles. The van der Waals surface area contributed by atoms with Crippen LogP contribution in [-0.2, 0) is 16.0 Å². The Bertz CT molecular complexity index is 1520. The number of furan rings is 1. The number of hydrogen-bond acceptors (Lipinski definition) is 6. The predicted octanol–water partition coefficient (Wildman–Crippen LogP) is 4.85. The summed E-state index contributed by atoms with van der Waals surface area (Å²) in [6.07, 6.45) is 5.03. The molecule has 8 heteroatoms. The second-order valence-corrected chi connectivity index (χ2v) is 9.10. The molecule has 0 saturated carbocycles. The summed E-state index contributed by atoms with van der Waals surface area (Å²) >= 11 is 0. The molecular weight excluding hydrogens is 470 g/mol. The van der Waals surface area contributed by atoms with E-state index in [4.69, 9.17) is 19.9 Å². The van der Waals surface area contributed by atoms with Gasteiger partial charge >= 0.3 is 5.97 Å². The highest BCUT2D eigenvalue weighted by atomic mass is 16.5. The summed E-state index contributed by atoms with van der Waals surface area (Å²) in [5.41, 5.74) is 9.67. The Morgan fingerprint density at radius 1 is 1.08 bits per heavy atom. The molecule has 2 aromatic carbocycles. The third-order valence-corrected chi connectivity index (χ3v) is 6.27. The minimum absolute atomic E-state index is 0.273. The fraction of sp³-hybridized carbons (Fsp3) is 0.172. The fourth-order valence-electron chi connectivity index (χ4n) is 4.63. The van der Waals surface area contributed by atoms with Gasteiger partial charge in [0.1, 0.15) is 5.76 Å². The first-order valence-electron chi connectivity index (χ1n) is 11.9. The summed E-state index contributed by atoms with van der Waals surface area (Å²) in [6, 6.07) is 17.3. The van der Waals surface area contributed by atoms with Crippen molar-refractivity contribution in [1.29, 1.82) is 0 Å². The monoisotopic (exact) mass is 495 g/mol. The number of carbonyl (C=O) groups is 3. The number of fused-ring (bicyclic) bond motifs is 2. The van der Waals surface area contributed by atoms with Crippen LogP contribution in [0.2, 0.25) is 0 Å². The smallest absolute Gasteiger partial charge is 0.339 e. The van der Waals surface area contributed by atoms with E-state index in [0.717, 1.165) is 29.0 Å². The summed E-state index contributed by atoms with van der Waals surface area (Å²) in [5.74, 6) is -0.652. The number of esters is 1. The van der Waals surface area contributed by atoms with Gasteiger partial charge in [-0.1, -0.05) is 25.1 Å². The lowest BCUT2D eigenvalue weighted by Gasteiger charge is -2.26. The Labute approximate surface area is 213 Å². The Morgan fingerprint density at radius 2 is 1.86 bits per heavy atom. The van der Waals surface area contributed by atoms with E-state index in [9.17, 15) is 14.4 Å². The van der Waals surface area contributed by atoms with E-state index < -0.39 is 24.4 Å². The number of para-hydroxylation sites is 1. The number of carbonyl (C=O) groups excluding carboxylic acids is 3. The number of amides is 2. The lowest BCUT2D eigenvalue weighted by molar-refractivity contribution is -0.119. The number of nitrogens with zero attached hydrogens (tertiary/aromatic N) is 1. The molecule has 2 aromatic heterocycles. The van der Waals surface area contributed by atoms with E-state index in [1.165, 1.54) is 12.1 Å². The summed E-state index contributed by atoms with van der Waals surface area (Å²) in [5, 5.41) is 3.33. The molecule has 0 spiro atoms. The minimum Gasteiger partial charge on any atom is -0.465 e. The normalized spacial score (nSPS) is 15.8. The maximum absolute atomic E-state index is 13.4. The highest BCUT2D eigenvalue weighted by Crippen LogP contribution is 2.38. The van der Waals surface area contributed by atoms with Crippen molar-refractivity contribution in [3.63, 3.8) is 0 Å². The van der Waals surface area contributed by atoms with Crippen LogP contribution in [0.15, 0.2) is 71.3 Å². The third kappa shape index (κ3) is 5.13. The van der Waals surface area contributed by atoms with Crippen LogP contribution in [0, 0.1) is 5.92 Å². The number of pyridine rings is 1. The SMILES string of the molecule is CC1C/C(=C\c2ccco2)c2nc3ccccc3c(C(=O)OCC(=O)Nc3ccc(C(N)=O)cc3)c2C1. The van der Waals surface area contributed by atoms with Crippen molar-refractivity contribution in [1.82, 2.24) is 4.98 Å². The largest absolute Gasteiger partial charge is 0.465 e. The Kier molecular flexibility index (Phi) is 6.55. The number of ether oxygens (including phenoxy) is 1. The topological polar surface area (TPSA) is 125 Å². The number of nitrogens with two attached hydrogens (primary N) is 1. The van der Waals surface area contributed by atoms with Gasteiger partial charge in [-0.15, -0.1) is 0 Å². The van der Waals surface area contributed by atoms with Crippen LogP contribution in [0.4, 0.5) is 5.69 Å². The maximum Gasteiger partial charge on any atom is 0.339 e.